The van der Waals surface area contributed by atoms with Crippen LogP contribution < -0.4 is 0 Å². The molecule has 0 N–H and O–H groups in total. The monoisotopic (exact) mass is 558 g/mol. The molecular formula is C25H25F3O5S3. The zero-order valence-corrected chi connectivity index (χ0v) is 21.5. The molecule has 0 amide bonds. The van der Waals surface area contributed by atoms with Gasteiger partial charge in [0.05, 0.1) is 10.1 Å². The summed E-state index contributed by atoms with van der Waals surface area (Å²) in [5.74, 6) is 0. The summed E-state index contributed by atoms with van der Waals surface area (Å²) in [6.07, 6.45) is 3.73. The number of sulfone groups is 1. The van der Waals surface area contributed by atoms with Crippen molar-refractivity contribution in [3.8, 4) is 0 Å². The summed E-state index contributed by atoms with van der Waals surface area (Å²) in [6, 6.07) is 21.0. The van der Waals surface area contributed by atoms with Crippen LogP contribution in [-0.2, 0) is 23.6 Å². The Morgan fingerprint density at radius 2 is 1.03 bits per heavy atom. The first-order valence-electron chi connectivity index (χ1n) is 11.3. The molecule has 194 valence electrons. The van der Waals surface area contributed by atoms with E-state index in [4.69, 9.17) is 3.63 Å². The maximum atomic E-state index is 13.6. The largest absolute Gasteiger partial charge is 0.524 e. The van der Waals surface area contributed by atoms with Crippen LogP contribution in [0.3, 0.4) is 0 Å². The van der Waals surface area contributed by atoms with Crippen LogP contribution in [0.5, 0.6) is 0 Å². The Morgan fingerprint density at radius 3 is 1.47 bits per heavy atom. The topological polar surface area (TPSA) is 77.5 Å². The van der Waals surface area contributed by atoms with E-state index in [1.54, 1.807) is 36.4 Å². The first kappa shape index (κ1) is 26.7. The van der Waals surface area contributed by atoms with Crippen LogP contribution in [0.25, 0.3) is 0 Å². The molecule has 0 atom stereocenters. The third-order valence-electron chi connectivity index (χ3n) is 6.10. The normalized spacial score (nSPS) is 16.5. The average Bonchev–Trinajstić information content (AvgIpc) is 2.88. The molecule has 0 spiro atoms. The van der Waals surface area contributed by atoms with Crippen LogP contribution in [0.1, 0.15) is 32.1 Å². The molecular weight excluding hydrogens is 533 g/mol. The van der Waals surface area contributed by atoms with E-state index in [2.05, 4.69) is 0 Å². The van der Waals surface area contributed by atoms with Gasteiger partial charge < -0.3 is 0 Å². The summed E-state index contributed by atoms with van der Waals surface area (Å²) >= 11 is 0. The molecule has 5 nitrogen and oxygen atoms in total. The highest BCUT2D eigenvalue weighted by Gasteiger charge is 2.52. The lowest BCUT2D eigenvalue weighted by Gasteiger charge is -2.39. The molecule has 11 heteroatoms. The van der Waals surface area contributed by atoms with Gasteiger partial charge in [0.25, 0.3) is 0 Å². The van der Waals surface area contributed by atoms with Crippen LogP contribution in [-0.4, -0.2) is 27.6 Å². The average molecular weight is 559 g/mol. The van der Waals surface area contributed by atoms with Crippen molar-refractivity contribution in [3.63, 3.8) is 0 Å². The second-order valence-electron chi connectivity index (χ2n) is 8.43. The molecule has 0 saturated heterocycles. The van der Waals surface area contributed by atoms with E-state index in [1.807, 2.05) is 0 Å². The lowest BCUT2D eigenvalue weighted by Crippen LogP contribution is -2.27. The number of rotatable bonds is 7. The van der Waals surface area contributed by atoms with Crippen molar-refractivity contribution < 1.29 is 33.6 Å². The van der Waals surface area contributed by atoms with Crippen LogP contribution in [0.15, 0.2) is 105 Å². The zero-order chi connectivity index (χ0) is 26.0. The number of hydrogen-bond donors (Lipinski definition) is 0. The van der Waals surface area contributed by atoms with E-state index in [0.717, 1.165) is 19.3 Å². The van der Waals surface area contributed by atoms with Crippen LogP contribution in [0.4, 0.5) is 13.2 Å². The van der Waals surface area contributed by atoms with E-state index in [-0.39, 0.29) is 19.6 Å². The van der Waals surface area contributed by atoms with Gasteiger partial charge in [-0.3, -0.25) is 0 Å². The summed E-state index contributed by atoms with van der Waals surface area (Å²) in [7, 11) is -13.1. The molecule has 0 aliphatic heterocycles. The van der Waals surface area contributed by atoms with Gasteiger partial charge in [0.15, 0.2) is 9.84 Å². The minimum Gasteiger partial charge on any atom is -0.223 e. The first-order chi connectivity index (χ1) is 17.0. The van der Waals surface area contributed by atoms with Gasteiger partial charge >= 0.3 is 15.6 Å². The van der Waals surface area contributed by atoms with Gasteiger partial charge in [0, 0.05) is 14.7 Å². The van der Waals surface area contributed by atoms with Crippen LogP contribution >= 0.6 is 10.3 Å². The molecule has 0 bridgehead atoms. The maximum Gasteiger partial charge on any atom is 0.524 e. The third kappa shape index (κ3) is 5.06. The quantitative estimate of drug-likeness (QED) is 0.296. The molecule has 0 unspecified atom stereocenters. The lowest BCUT2D eigenvalue weighted by molar-refractivity contribution is -0.0496. The number of hydrogen-bond acceptors (Lipinski definition) is 5. The number of halogens is 3. The van der Waals surface area contributed by atoms with E-state index < -0.39 is 41.0 Å². The molecule has 1 fully saturated rings. The van der Waals surface area contributed by atoms with E-state index >= 15 is 0 Å². The molecule has 1 saturated carbocycles. The summed E-state index contributed by atoms with van der Waals surface area (Å²) in [5.41, 5.74) is -5.65. The minimum atomic E-state index is -6.04. The van der Waals surface area contributed by atoms with Gasteiger partial charge in [-0.1, -0.05) is 55.7 Å². The molecule has 36 heavy (non-hydrogen) atoms. The zero-order valence-electron chi connectivity index (χ0n) is 19.1. The van der Waals surface area contributed by atoms with E-state index in [0.29, 0.717) is 12.8 Å². The van der Waals surface area contributed by atoms with E-state index in [1.165, 1.54) is 48.5 Å². The Balaban J connectivity index is 1.92. The van der Waals surface area contributed by atoms with Crippen molar-refractivity contribution in [2.75, 3.05) is 0 Å². The fourth-order valence-corrected chi connectivity index (χ4v) is 10.9. The van der Waals surface area contributed by atoms with Gasteiger partial charge in [0.1, 0.15) is 0 Å². The first-order valence-corrected chi connectivity index (χ1v) is 15.8. The van der Waals surface area contributed by atoms with Gasteiger partial charge in [-0.15, -0.1) is 0 Å². The second-order valence-corrected chi connectivity index (χ2v) is 15.1. The van der Waals surface area contributed by atoms with Gasteiger partial charge in [-0.05, 0) is 71.7 Å². The maximum absolute atomic E-state index is 13.6. The van der Waals surface area contributed by atoms with Gasteiger partial charge in [0.2, 0.25) is 0 Å². The predicted molar refractivity (Wildman–Crippen MR) is 132 cm³/mol. The predicted octanol–water partition coefficient (Wildman–Crippen LogP) is 6.86. The van der Waals surface area contributed by atoms with Crippen molar-refractivity contribution in [1.82, 2.24) is 0 Å². The minimum absolute atomic E-state index is 0.0475. The third-order valence-corrected chi connectivity index (χ3v) is 13.3. The number of alkyl halides is 3. The second kappa shape index (κ2) is 10.2. The van der Waals surface area contributed by atoms with Crippen molar-refractivity contribution >= 4 is 30.3 Å². The summed E-state index contributed by atoms with van der Waals surface area (Å²) in [6.45, 7) is 0. The van der Waals surface area contributed by atoms with Crippen molar-refractivity contribution in [2.24, 2.45) is 0 Å². The Kier molecular flexibility index (Phi) is 7.57. The Bertz CT molecular complexity index is 1350. The summed E-state index contributed by atoms with van der Waals surface area (Å²) in [4.78, 5) is 0.598. The summed E-state index contributed by atoms with van der Waals surface area (Å²) in [5, 5.41) is -0.515. The molecule has 1 aliphatic carbocycles. The fourth-order valence-electron chi connectivity index (χ4n) is 4.31. The highest BCUT2D eigenvalue weighted by molar-refractivity contribution is 8.33. The number of benzene rings is 3. The lowest BCUT2D eigenvalue weighted by atomic mass is 10.0. The Morgan fingerprint density at radius 1 is 0.611 bits per heavy atom. The van der Waals surface area contributed by atoms with Gasteiger partial charge in [-0.25, -0.2) is 8.42 Å². The Labute approximate surface area is 210 Å². The molecule has 4 rings (SSSR count). The molecule has 3 aromatic rings. The van der Waals surface area contributed by atoms with Crippen molar-refractivity contribution in [1.29, 1.82) is 0 Å². The van der Waals surface area contributed by atoms with Crippen molar-refractivity contribution in [3.05, 3.63) is 84.9 Å². The summed E-state index contributed by atoms with van der Waals surface area (Å²) < 4.78 is 97.0. The molecule has 0 aromatic heterocycles. The molecule has 1 aliphatic rings. The Hall–Kier alpha value is -2.34. The highest BCUT2D eigenvalue weighted by Crippen LogP contribution is 2.70. The van der Waals surface area contributed by atoms with E-state index in [9.17, 15) is 30.0 Å². The smallest absolute Gasteiger partial charge is 0.223 e. The molecule has 0 radical (unpaired) electrons. The standard InChI is InChI=1S/C25H25F3O5S3/c26-25(27,28)36(31,32)33-34(20-10-4-1-5-11-20,21-12-6-2-7-13-21)22-16-18-24(19-17-22)35(29,30)23-14-8-3-9-15-23/h1-2,4-7,10-13,16-19,23H,3,8-9,14-15H2. The highest BCUT2D eigenvalue weighted by atomic mass is 32.3. The molecule has 3 aromatic carbocycles. The molecule has 0 heterocycles. The fraction of sp³-hybridized carbons (Fsp3) is 0.280. The van der Waals surface area contributed by atoms with Crippen LogP contribution in [0.2, 0.25) is 0 Å². The van der Waals surface area contributed by atoms with Gasteiger partial charge in [-0.2, -0.15) is 25.2 Å². The van der Waals surface area contributed by atoms with Crippen molar-refractivity contribution in [2.45, 2.75) is 62.4 Å². The SMILES string of the molecule is O=S(=O)(c1ccc(S(OS(=O)(=O)C(F)(F)F)(c2ccccc2)c2ccccc2)cc1)C1CCCCC1. The van der Waals surface area contributed by atoms with Crippen LogP contribution in [0, 0.1) is 0 Å².